The number of piperazine rings is 1. The third-order valence-electron chi connectivity index (χ3n) is 5.73. The lowest BCUT2D eigenvalue weighted by molar-refractivity contribution is 0.186. The van der Waals surface area contributed by atoms with Crippen molar-refractivity contribution < 1.29 is 4.79 Å². The summed E-state index contributed by atoms with van der Waals surface area (Å²) in [4.78, 5) is 21.6. The monoisotopic (exact) mass is 352 g/mol. The number of nitrogens with zero attached hydrogens (tertiary/aromatic N) is 3. The summed E-state index contributed by atoms with van der Waals surface area (Å²) in [5, 5.41) is 4.44. The fourth-order valence-electron chi connectivity index (χ4n) is 4.15. The molecule has 138 valence electrons. The van der Waals surface area contributed by atoms with Gasteiger partial charge in [-0.3, -0.25) is 0 Å². The summed E-state index contributed by atoms with van der Waals surface area (Å²) >= 11 is 0. The number of rotatable bonds is 2. The van der Waals surface area contributed by atoms with Gasteiger partial charge in [0.25, 0.3) is 0 Å². The maximum Gasteiger partial charge on any atom is 0.317 e. The Hall–Kier alpha value is -2.30. The van der Waals surface area contributed by atoms with Crippen LogP contribution in [-0.4, -0.2) is 48.1 Å². The molecule has 0 atom stereocenters. The Labute approximate surface area is 155 Å². The number of urea groups is 1. The molecule has 1 N–H and O–H groups in total. The number of aromatic nitrogens is 1. The Balaban J connectivity index is 1.38. The van der Waals surface area contributed by atoms with Gasteiger partial charge in [-0.25, -0.2) is 9.78 Å². The van der Waals surface area contributed by atoms with E-state index in [0.29, 0.717) is 6.04 Å². The first-order valence-corrected chi connectivity index (χ1v) is 9.87. The highest BCUT2D eigenvalue weighted by Crippen LogP contribution is 2.23. The normalized spacial score (nSPS) is 19.0. The minimum absolute atomic E-state index is 0.110. The molecule has 2 aromatic rings. The molecule has 1 aliphatic carbocycles. The van der Waals surface area contributed by atoms with Crippen LogP contribution >= 0.6 is 0 Å². The maximum absolute atomic E-state index is 12.5. The molecule has 5 heteroatoms. The highest BCUT2D eigenvalue weighted by Gasteiger charge is 2.24. The number of benzene rings is 1. The quantitative estimate of drug-likeness (QED) is 0.896. The average Bonchev–Trinajstić information content (AvgIpc) is 2.69. The number of hydrogen-bond donors (Lipinski definition) is 1. The van der Waals surface area contributed by atoms with E-state index in [1.807, 2.05) is 11.0 Å². The third kappa shape index (κ3) is 3.62. The van der Waals surface area contributed by atoms with Gasteiger partial charge in [-0.15, -0.1) is 0 Å². The summed E-state index contributed by atoms with van der Waals surface area (Å²) in [6.45, 7) is 5.32. The fraction of sp³-hybridized carbons (Fsp3) is 0.524. The summed E-state index contributed by atoms with van der Waals surface area (Å²) in [6.07, 6.45) is 6.05. The molecule has 4 rings (SSSR count). The molecule has 5 nitrogen and oxygen atoms in total. The Bertz CT molecular complexity index is 777. The van der Waals surface area contributed by atoms with Gasteiger partial charge in [0.15, 0.2) is 0 Å². The van der Waals surface area contributed by atoms with Gasteiger partial charge in [-0.05, 0) is 37.5 Å². The molecule has 2 heterocycles. The van der Waals surface area contributed by atoms with E-state index in [9.17, 15) is 4.79 Å². The van der Waals surface area contributed by atoms with Crippen LogP contribution in [0.4, 0.5) is 10.6 Å². The van der Waals surface area contributed by atoms with Gasteiger partial charge in [0.2, 0.25) is 0 Å². The second-order valence-electron chi connectivity index (χ2n) is 7.57. The molecule has 1 saturated heterocycles. The van der Waals surface area contributed by atoms with E-state index in [0.717, 1.165) is 50.4 Å². The molecule has 1 saturated carbocycles. The molecule has 1 aromatic carbocycles. The zero-order valence-corrected chi connectivity index (χ0v) is 15.6. The fourth-order valence-corrected chi connectivity index (χ4v) is 4.15. The van der Waals surface area contributed by atoms with Gasteiger partial charge < -0.3 is 15.1 Å². The van der Waals surface area contributed by atoms with Gasteiger partial charge in [-0.1, -0.05) is 37.5 Å². The van der Waals surface area contributed by atoms with Crippen molar-refractivity contribution in [3.05, 3.63) is 35.9 Å². The SMILES string of the molecule is Cc1cc(N2CCN(C(=O)NC3CCCCC3)CC2)nc2ccccc12. The molecule has 0 radical (unpaired) electrons. The average molecular weight is 352 g/mol. The molecule has 1 aromatic heterocycles. The van der Waals surface area contributed by atoms with Crippen LogP contribution in [-0.2, 0) is 0 Å². The zero-order chi connectivity index (χ0) is 17.9. The summed E-state index contributed by atoms with van der Waals surface area (Å²) in [5.74, 6) is 1.02. The molecule has 26 heavy (non-hydrogen) atoms. The van der Waals surface area contributed by atoms with Crippen LogP contribution in [0.2, 0.25) is 0 Å². The number of anilines is 1. The maximum atomic E-state index is 12.5. The highest BCUT2D eigenvalue weighted by atomic mass is 16.2. The van der Waals surface area contributed by atoms with Crippen molar-refractivity contribution in [2.45, 2.75) is 45.1 Å². The van der Waals surface area contributed by atoms with Crippen LogP contribution in [0.15, 0.2) is 30.3 Å². The van der Waals surface area contributed by atoms with Crippen molar-refractivity contribution in [2.75, 3.05) is 31.1 Å². The Kier molecular flexibility index (Phi) is 4.96. The van der Waals surface area contributed by atoms with E-state index < -0.39 is 0 Å². The number of carbonyl (C=O) groups is 1. The lowest BCUT2D eigenvalue weighted by atomic mass is 9.96. The Morgan fingerprint density at radius 3 is 2.58 bits per heavy atom. The highest BCUT2D eigenvalue weighted by molar-refractivity contribution is 5.84. The van der Waals surface area contributed by atoms with Crippen LogP contribution < -0.4 is 10.2 Å². The predicted molar refractivity (Wildman–Crippen MR) is 106 cm³/mol. The number of carbonyl (C=O) groups excluding carboxylic acids is 1. The Morgan fingerprint density at radius 1 is 1.08 bits per heavy atom. The van der Waals surface area contributed by atoms with Gasteiger partial charge in [0.05, 0.1) is 5.52 Å². The topological polar surface area (TPSA) is 48.5 Å². The van der Waals surface area contributed by atoms with E-state index in [2.05, 4.69) is 41.4 Å². The first-order chi connectivity index (χ1) is 12.7. The zero-order valence-electron chi connectivity index (χ0n) is 15.6. The molecule has 0 unspecified atom stereocenters. The molecule has 0 bridgehead atoms. The molecular formula is C21H28N4O. The largest absolute Gasteiger partial charge is 0.353 e. The van der Waals surface area contributed by atoms with E-state index in [1.165, 1.54) is 30.2 Å². The van der Waals surface area contributed by atoms with Crippen LogP contribution in [0.1, 0.15) is 37.7 Å². The van der Waals surface area contributed by atoms with Crippen molar-refractivity contribution >= 4 is 22.8 Å². The number of hydrogen-bond acceptors (Lipinski definition) is 3. The summed E-state index contributed by atoms with van der Waals surface area (Å²) < 4.78 is 0. The second-order valence-corrected chi connectivity index (χ2v) is 7.57. The van der Waals surface area contributed by atoms with Crippen molar-refractivity contribution in [3.8, 4) is 0 Å². The molecule has 2 fully saturated rings. The molecule has 2 amide bonds. The number of fused-ring (bicyclic) bond motifs is 1. The Morgan fingerprint density at radius 2 is 1.81 bits per heavy atom. The van der Waals surface area contributed by atoms with Crippen molar-refractivity contribution in [1.82, 2.24) is 15.2 Å². The van der Waals surface area contributed by atoms with E-state index in [4.69, 9.17) is 4.98 Å². The van der Waals surface area contributed by atoms with Crippen molar-refractivity contribution in [3.63, 3.8) is 0 Å². The van der Waals surface area contributed by atoms with E-state index in [-0.39, 0.29) is 6.03 Å². The molecule has 2 aliphatic rings. The first kappa shape index (κ1) is 17.1. The van der Waals surface area contributed by atoms with Gasteiger partial charge in [0, 0.05) is 37.6 Å². The van der Waals surface area contributed by atoms with Gasteiger partial charge in [0.1, 0.15) is 5.82 Å². The van der Waals surface area contributed by atoms with E-state index >= 15 is 0 Å². The summed E-state index contributed by atoms with van der Waals surface area (Å²) in [7, 11) is 0. The minimum atomic E-state index is 0.110. The smallest absolute Gasteiger partial charge is 0.317 e. The first-order valence-electron chi connectivity index (χ1n) is 9.87. The van der Waals surface area contributed by atoms with Crippen molar-refractivity contribution in [1.29, 1.82) is 0 Å². The van der Waals surface area contributed by atoms with E-state index in [1.54, 1.807) is 0 Å². The van der Waals surface area contributed by atoms with Gasteiger partial charge >= 0.3 is 6.03 Å². The lowest BCUT2D eigenvalue weighted by Crippen LogP contribution is -2.53. The van der Waals surface area contributed by atoms with Crippen LogP contribution in [0, 0.1) is 6.92 Å². The number of amides is 2. The second kappa shape index (κ2) is 7.52. The van der Waals surface area contributed by atoms with Crippen LogP contribution in [0.5, 0.6) is 0 Å². The number of pyridine rings is 1. The number of para-hydroxylation sites is 1. The van der Waals surface area contributed by atoms with Crippen LogP contribution in [0.3, 0.4) is 0 Å². The summed E-state index contributed by atoms with van der Waals surface area (Å²) in [5.41, 5.74) is 2.29. The van der Waals surface area contributed by atoms with Gasteiger partial charge in [-0.2, -0.15) is 0 Å². The minimum Gasteiger partial charge on any atom is -0.353 e. The molecule has 0 spiro atoms. The lowest BCUT2D eigenvalue weighted by Gasteiger charge is -2.36. The summed E-state index contributed by atoms with van der Waals surface area (Å²) in [6, 6.07) is 10.9. The third-order valence-corrected chi connectivity index (χ3v) is 5.73. The molecular weight excluding hydrogens is 324 g/mol. The molecule has 1 aliphatic heterocycles. The standard InChI is InChI=1S/C21H28N4O/c1-16-15-20(23-19-10-6-5-9-18(16)19)24-11-13-25(14-12-24)21(26)22-17-7-3-2-4-8-17/h5-6,9-10,15,17H,2-4,7-8,11-14H2,1H3,(H,22,26). The van der Waals surface area contributed by atoms with Crippen LogP contribution in [0.25, 0.3) is 10.9 Å². The predicted octanol–water partition coefficient (Wildman–Crippen LogP) is 3.71. The van der Waals surface area contributed by atoms with Crippen molar-refractivity contribution in [2.24, 2.45) is 0 Å². The number of nitrogens with one attached hydrogen (secondary N) is 1. The number of aryl methyl sites for hydroxylation is 1.